The van der Waals surface area contributed by atoms with Crippen molar-refractivity contribution >= 4 is 56.5 Å². The number of nitrogens with one attached hydrogen (secondary N) is 2. The predicted octanol–water partition coefficient (Wildman–Crippen LogP) is 7.91. The second kappa shape index (κ2) is 27.3. The second-order valence-corrected chi connectivity index (χ2v) is 18.3. The highest BCUT2D eigenvalue weighted by molar-refractivity contribution is 6.07. The van der Waals surface area contributed by atoms with E-state index < -0.39 is 11.9 Å². The van der Waals surface area contributed by atoms with Crippen LogP contribution in [0.25, 0.3) is 38.4 Å². The van der Waals surface area contributed by atoms with Gasteiger partial charge in [-0.3, -0.25) is 14.2 Å². The number of aromatic hydroxyl groups is 2. The number of para-hydroxylation sites is 1. The minimum absolute atomic E-state index is 0.0267. The van der Waals surface area contributed by atoms with Gasteiger partial charge in [-0.05, 0) is 122 Å². The minimum atomic E-state index is -0.648. The second-order valence-electron chi connectivity index (χ2n) is 18.3. The number of nitrogens with zero attached hydrogens (tertiary/aromatic N) is 3. The molecule has 3 aromatic heterocycles. The van der Waals surface area contributed by atoms with Crippen LogP contribution in [-0.4, -0.2) is 102 Å². The molecule has 19 heteroatoms. The first kappa shape index (κ1) is 56.2. The average molecular weight is 1050 g/mol. The average Bonchev–Trinajstić information content (AvgIpc) is 4.09. The van der Waals surface area contributed by atoms with Crippen molar-refractivity contribution in [1.82, 2.24) is 15.2 Å². The third kappa shape index (κ3) is 13.7. The number of aromatic nitrogens is 1. The summed E-state index contributed by atoms with van der Waals surface area (Å²) in [6.07, 6.45) is 4.14. The molecule has 0 fully saturated rings. The maximum Gasteiger partial charge on any atom is 0.342 e. The lowest BCUT2D eigenvalue weighted by atomic mass is 9.96. The number of aryl methyl sites for hydroxylation is 6. The number of methoxy groups -OCH3 is 2. The SMILES string of the molecule is COc1cc(CCC(=O)NCCO)cc2c(C(=O)OCCCc3cc4c(O)n(-c5ccccc5)c(O)c4cc3CCCOC(=O)c3c(CCCC#N)oc4c(OC)cc(CCC(=O)NCCO)cc34)c(CCCC#N)oc12. The molecule has 0 saturated carbocycles. The molecule has 3 heterocycles. The third-order valence-corrected chi connectivity index (χ3v) is 13.1. The van der Waals surface area contributed by atoms with E-state index in [1.54, 1.807) is 60.7 Å². The Labute approximate surface area is 444 Å². The Balaban J connectivity index is 1.12. The number of benzene rings is 4. The van der Waals surface area contributed by atoms with Crippen molar-refractivity contribution < 1.29 is 67.4 Å². The van der Waals surface area contributed by atoms with Gasteiger partial charge in [-0.25, -0.2) is 9.59 Å². The molecule has 0 spiro atoms. The molecule has 0 aliphatic carbocycles. The minimum Gasteiger partial charge on any atom is -0.494 e. The van der Waals surface area contributed by atoms with Gasteiger partial charge in [-0.15, -0.1) is 0 Å². The van der Waals surface area contributed by atoms with Gasteiger partial charge in [-0.2, -0.15) is 10.5 Å². The number of fused-ring (bicyclic) bond motifs is 3. The molecule has 0 aliphatic heterocycles. The Bertz CT molecular complexity index is 3110. The first-order chi connectivity index (χ1) is 37.4. The van der Waals surface area contributed by atoms with Crippen LogP contribution in [-0.2, 0) is 57.6 Å². The van der Waals surface area contributed by atoms with Crippen LogP contribution in [0.5, 0.6) is 23.3 Å². The number of hydrogen-bond acceptors (Lipinski definition) is 16. The zero-order chi connectivity index (χ0) is 54.8. The summed E-state index contributed by atoms with van der Waals surface area (Å²) < 4.78 is 37.0. The van der Waals surface area contributed by atoms with E-state index in [2.05, 4.69) is 22.8 Å². The van der Waals surface area contributed by atoms with Crippen molar-refractivity contribution in [2.45, 2.75) is 89.9 Å². The van der Waals surface area contributed by atoms with E-state index in [0.717, 1.165) is 11.1 Å². The van der Waals surface area contributed by atoms with Crippen molar-refractivity contribution in [3.05, 3.63) is 112 Å². The van der Waals surface area contributed by atoms with Gasteiger partial charge in [0.1, 0.15) is 22.6 Å². The highest BCUT2D eigenvalue weighted by Crippen LogP contribution is 2.42. The standard InChI is InChI=1S/C58H63N5O14/c1-72-47-32-36(18-20-49(66)61-24-26-64)30-43-51(45(76-53(43)47)16-6-8-22-59)57(70)74-28-10-12-38-34-41-42(56(69)63(55(41)68)40-14-4-3-5-15-40)35-39(38)13-11-29-75-58(71)52-44-31-37(19-21-50(67)62-25-27-65)33-48(73-2)54(44)77-46(52)17-7-9-23-60/h3-5,14-15,30-35,64-65,68-69H,6-13,16-21,24-29H2,1-2H3,(H,61,66)(H,62,67). The molecule has 0 aliphatic rings. The van der Waals surface area contributed by atoms with Crippen LogP contribution in [0.15, 0.2) is 75.6 Å². The van der Waals surface area contributed by atoms with Crippen LogP contribution in [0.3, 0.4) is 0 Å². The number of carbonyl (C=O) groups excluding carboxylic acids is 4. The largest absolute Gasteiger partial charge is 0.494 e. The van der Waals surface area contributed by atoms with E-state index in [9.17, 15) is 39.9 Å². The zero-order valence-corrected chi connectivity index (χ0v) is 43.2. The van der Waals surface area contributed by atoms with Gasteiger partial charge in [0.25, 0.3) is 0 Å². The van der Waals surface area contributed by atoms with Crippen molar-refractivity contribution in [1.29, 1.82) is 10.5 Å². The molecule has 0 unspecified atom stereocenters. The summed E-state index contributed by atoms with van der Waals surface area (Å²) in [4.78, 5) is 53.0. The molecule has 19 nitrogen and oxygen atoms in total. The number of carbonyl (C=O) groups is 4. The smallest absolute Gasteiger partial charge is 0.342 e. The van der Waals surface area contributed by atoms with Crippen LogP contribution in [0.2, 0.25) is 0 Å². The summed E-state index contributed by atoms with van der Waals surface area (Å²) in [5.74, 6) is -0.749. The molecule has 7 rings (SSSR count). The number of ether oxygens (including phenoxy) is 4. The number of nitriles is 2. The van der Waals surface area contributed by atoms with Gasteiger partial charge in [0.2, 0.25) is 23.6 Å². The number of esters is 2. The highest BCUT2D eigenvalue weighted by Gasteiger charge is 2.28. The monoisotopic (exact) mass is 1050 g/mol. The Morgan fingerprint density at radius 2 is 1.03 bits per heavy atom. The molecule has 77 heavy (non-hydrogen) atoms. The molecule has 0 radical (unpaired) electrons. The zero-order valence-electron chi connectivity index (χ0n) is 43.2. The Morgan fingerprint density at radius 1 is 0.584 bits per heavy atom. The maximum absolute atomic E-state index is 14.1. The Morgan fingerprint density at radius 3 is 1.43 bits per heavy atom. The van der Waals surface area contributed by atoms with Crippen LogP contribution in [0, 0.1) is 22.7 Å². The number of furan rings is 2. The van der Waals surface area contributed by atoms with Gasteiger partial charge in [0, 0.05) is 73.2 Å². The number of unbranched alkanes of at least 4 members (excludes halogenated alkanes) is 2. The number of aliphatic hydroxyl groups excluding tert-OH is 2. The molecular formula is C58H63N5O14. The Hall–Kier alpha value is -8.52. The lowest BCUT2D eigenvalue weighted by Crippen LogP contribution is -2.26. The molecule has 6 N–H and O–H groups in total. The van der Waals surface area contributed by atoms with E-state index in [1.165, 1.54) is 18.8 Å². The highest BCUT2D eigenvalue weighted by atomic mass is 16.5. The lowest BCUT2D eigenvalue weighted by Gasteiger charge is -2.12. The first-order valence-electron chi connectivity index (χ1n) is 25.7. The molecule has 0 saturated heterocycles. The van der Waals surface area contributed by atoms with Crippen LogP contribution < -0.4 is 20.1 Å². The quantitative estimate of drug-likeness (QED) is 0.0192. The van der Waals surface area contributed by atoms with E-state index in [4.69, 9.17) is 38.0 Å². The topological polar surface area (TPSA) is 289 Å². The maximum atomic E-state index is 14.1. The van der Waals surface area contributed by atoms with Crippen LogP contribution in [0.1, 0.15) is 106 Å². The van der Waals surface area contributed by atoms with Crippen molar-refractivity contribution in [2.24, 2.45) is 0 Å². The van der Waals surface area contributed by atoms with Crippen molar-refractivity contribution in [3.63, 3.8) is 0 Å². The third-order valence-electron chi connectivity index (χ3n) is 13.1. The van der Waals surface area contributed by atoms with Crippen LogP contribution in [0.4, 0.5) is 0 Å². The summed E-state index contributed by atoms with van der Waals surface area (Å²) in [6, 6.07) is 23.8. The van der Waals surface area contributed by atoms with Gasteiger partial charge in [-0.1, -0.05) is 18.2 Å². The molecule has 7 aromatic rings. The predicted molar refractivity (Wildman–Crippen MR) is 283 cm³/mol. The number of hydrogen-bond donors (Lipinski definition) is 6. The molecule has 4 aromatic carbocycles. The lowest BCUT2D eigenvalue weighted by molar-refractivity contribution is -0.122. The number of amides is 2. The summed E-state index contributed by atoms with van der Waals surface area (Å²) in [7, 11) is 2.95. The first-order valence-corrected chi connectivity index (χ1v) is 25.7. The Kier molecular flexibility index (Phi) is 19.9. The van der Waals surface area contributed by atoms with Crippen molar-refractivity contribution in [3.8, 4) is 41.1 Å². The summed E-state index contributed by atoms with van der Waals surface area (Å²) in [5.41, 5.74) is 4.56. The summed E-state index contributed by atoms with van der Waals surface area (Å²) in [5, 5.41) is 66.8. The molecule has 0 atom stereocenters. The van der Waals surface area contributed by atoms with Gasteiger partial charge >= 0.3 is 11.9 Å². The molecular weight excluding hydrogens is 991 g/mol. The molecule has 0 bridgehead atoms. The normalized spacial score (nSPS) is 11.1. The van der Waals surface area contributed by atoms with Crippen molar-refractivity contribution in [2.75, 3.05) is 53.7 Å². The number of aliphatic hydroxyl groups is 2. The fourth-order valence-electron chi connectivity index (χ4n) is 9.37. The van der Waals surface area contributed by atoms with E-state index >= 15 is 0 Å². The van der Waals surface area contributed by atoms with Gasteiger partial charge in [0.05, 0.1) is 58.5 Å². The van der Waals surface area contributed by atoms with E-state index in [-0.39, 0.29) is 113 Å². The fourth-order valence-corrected chi connectivity index (χ4v) is 9.37. The fraction of sp³-hybridized carbons (Fsp3) is 0.379. The molecule has 404 valence electrons. The van der Waals surface area contributed by atoms with Gasteiger partial charge in [0.15, 0.2) is 22.7 Å². The number of rotatable bonds is 29. The van der Waals surface area contributed by atoms with E-state index in [1.807, 2.05) is 6.07 Å². The van der Waals surface area contributed by atoms with E-state index in [0.29, 0.717) is 124 Å². The summed E-state index contributed by atoms with van der Waals surface area (Å²) >= 11 is 0. The van der Waals surface area contributed by atoms with Gasteiger partial charge < -0.3 is 58.8 Å². The van der Waals surface area contributed by atoms with Crippen LogP contribution >= 0.6 is 0 Å². The summed E-state index contributed by atoms with van der Waals surface area (Å²) in [6.45, 7) is -0.172. The molecule has 2 amide bonds.